The standard InChI is InChI=1S/C9H17F2N/c1-9(2,8(10)11)5-7-3-4-12-6-7/h7-8,12H,3-6H2,1-2H3. The molecule has 0 aromatic rings. The molecule has 1 unspecified atom stereocenters. The predicted molar refractivity (Wildman–Crippen MR) is 45.4 cm³/mol. The molecule has 0 aliphatic carbocycles. The van der Waals surface area contributed by atoms with Gasteiger partial charge < -0.3 is 5.32 Å². The van der Waals surface area contributed by atoms with Gasteiger partial charge in [-0.15, -0.1) is 0 Å². The average molecular weight is 177 g/mol. The molecular formula is C9H17F2N. The number of alkyl halides is 2. The van der Waals surface area contributed by atoms with Crippen molar-refractivity contribution in [3.63, 3.8) is 0 Å². The molecule has 3 heteroatoms. The first-order valence-corrected chi connectivity index (χ1v) is 4.51. The fourth-order valence-electron chi connectivity index (χ4n) is 1.72. The molecule has 1 fully saturated rings. The number of rotatable bonds is 3. The number of nitrogens with one attached hydrogen (secondary N) is 1. The van der Waals surface area contributed by atoms with E-state index >= 15 is 0 Å². The zero-order valence-corrected chi connectivity index (χ0v) is 7.74. The molecule has 1 N–H and O–H groups in total. The highest BCUT2D eigenvalue weighted by atomic mass is 19.3. The van der Waals surface area contributed by atoms with E-state index < -0.39 is 11.8 Å². The van der Waals surface area contributed by atoms with Crippen LogP contribution in [0.15, 0.2) is 0 Å². The Balaban J connectivity index is 2.37. The van der Waals surface area contributed by atoms with Crippen molar-refractivity contribution in [3.8, 4) is 0 Å². The smallest absolute Gasteiger partial charge is 0.243 e. The summed E-state index contributed by atoms with van der Waals surface area (Å²) in [6.07, 6.45) is -0.508. The number of hydrogen-bond acceptors (Lipinski definition) is 1. The Bertz CT molecular complexity index is 139. The van der Waals surface area contributed by atoms with Gasteiger partial charge in [0.2, 0.25) is 6.43 Å². The summed E-state index contributed by atoms with van der Waals surface area (Å²) in [6.45, 7) is 5.20. The summed E-state index contributed by atoms with van der Waals surface area (Å²) in [6, 6.07) is 0. The Morgan fingerprint density at radius 2 is 2.17 bits per heavy atom. The zero-order valence-electron chi connectivity index (χ0n) is 7.74. The molecule has 1 aliphatic heterocycles. The van der Waals surface area contributed by atoms with Crippen molar-refractivity contribution < 1.29 is 8.78 Å². The highest BCUT2D eigenvalue weighted by Gasteiger charge is 2.33. The molecule has 0 bridgehead atoms. The van der Waals surface area contributed by atoms with E-state index in [2.05, 4.69) is 5.32 Å². The van der Waals surface area contributed by atoms with Crippen molar-refractivity contribution in [1.29, 1.82) is 0 Å². The van der Waals surface area contributed by atoms with Crippen molar-refractivity contribution >= 4 is 0 Å². The van der Waals surface area contributed by atoms with E-state index in [9.17, 15) is 8.78 Å². The monoisotopic (exact) mass is 177 g/mol. The van der Waals surface area contributed by atoms with Gasteiger partial charge in [-0.25, -0.2) is 8.78 Å². The van der Waals surface area contributed by atoms with Crippen LogP contribution in [-0.4, -0.2) is 19.5 Å². The average Bonchev–Trinajstić information content (AvgIpc) is 2.38. The third-order valence-corrected chi connectivity index (χ3v) is 2.57. The maximum Gasteiger partial charge on any atom is 0.243 e. The topological polar surface area (TPSA) is 12.0 Å². The SMILES string of the molecule is CC(C)(CC1CCNC1)C(F)F. The lowest BCUT2D eigenvalue weighted by atomic mass is 9.83. The first-order valence-electron chi connectivity index (χ1n) is 4.51. The minimum absolute atomic E-state index is 0.453. The van der Waals surface area contributed by atoms with E-state index in [0.717, 1.165) is 19.5 Å². The van der Waals surface area contributed by atoms with Crippen molar-refractivity contribution in [2.75, 3.05) is 13.1 Å². The maximum atomic E-state index is 12.4. The van der Waals surface area contributed by atoms with Crippen LogP contribution >= 0.6 is 0 Å². The minimum atomic E-state index is -2.20. The lowest BCUT2D eigenvalue weighted by molar-refractivity contribution is 0.00492. The molecule has 1 saturated heterocycles. The summed E-state index contributed by atoms with van der Waals surface area (Å²) in [5.74, 6) is 0.453. The van der Waals surface area contributed by atoms with Crippen molar-refractivity contribution in [3.05, 3.63) is 0 Å². The van der Waals surface area contributed by atoms with Crippen LogP contribution in [0.2, 0.25) is 0 Å². The van der Waals surface area contributed by atoms with Crippen LogP contribution in [0.1, 0.15) is 26.7 Å². The maximum absolute atomic E-state index is 12.4. The number of hydrogen-bond donors (Lipinski definition) is 1. The quantitative estimate of drug-likeness (QED) is 0.697. The first kappa shape index (κ1) is 9.90. The third-order valence-electron chi connectivity index (χ3n) is 2.57. The molecule has 0 saturated carbocycles. The van der Waals surface area contributed by atoms with Gasteiger partial charge in [0.1, 0.15) is 0 Å². The second-order valence-corrected chi connectivity index (χ2v) is 4.35. The van der Waals surface area contributed by atoms with E-state index in [1.165, 1.54) is 0 Å². The van der Waals surface area contributed by atoms with Gasteiger partial charge in [0, 0.05) is 5.41 Å². The Labute approximate surface area is 72.5 Å². The van der Waals surface area contributed by atoms with E-state index in [1.54, 1.807) is 13.8 Å². The van der Waals surface area contributed by atoms with Crippen LogP contribution in [0.4, 0.5) is 8.78 Å². The molecule has 0 spiro atoms. The van der Waals surface area contributed by atoms with Crippen molar-refractivity contribution in [2.24, 2.45) is 11.3 Å². The summed E-state index contributed by atoms with van der Waals surface area (Å²) in [5, 5.41) is 3.19. The summed E-state index contributed by atoms with van der Waals surface area (Å²) in [4.78, 5) is 0. The summed E-state index contributed by atoms with van der Waals surface area (Å²) in [5.41, 5.74) is -0.809. The van der Waals surface area contributed by atoms with Crippen molar-refractivity contribution in [1.82, 2.24) is 5.32 Å². The van der Waals surface area contributed by atoms with Gasteiger partial charge >= 0.3 is 0 Å². The molecule has 0 aromatic carbocycles. The molecule has 1 atom stereocenters. The van der Waals surface area contributed by atoms with Crippen LogP contribution in [0.25, 0.3) is 0 Å². The minimum Gasteiger partial charge on any atom is -0.316 e. The van der Waals surface area contributed by atoms with Gasteiger partial charge in [-0.05, 0) is 31.8 Å². The molecule has 0 amide bonds. The van der Waals surface area contributed by atoms with Crippen LogP contribution in [0, 0.1) is 11.3 Å². The fraction of sp³-hybridized carbons (Fsp3) is 1.00. The first-order chi connectivity index (χ1) is 5.52. The number of halogens is 2. The Kier molecular flexibility index (Phi) is 3.04. The van der Waals surface area contributed by atoms with Gasteiger partial charge in [-0.1, -0.05) is 13.8 Å². The highest BCUT2D eigenvalue weighted by Crippen LogP contribution is 2.34. The summed E-state index contributed by atoms with van der Waals surface area (Å²) < 4.78 is 24.9. The molecule has 0 aromatic heterocycles. The van der Waals surface area contributed by atoms with Gasteiger partial charge in [-0.2, -0.15) is 0 Å². The lowest BCUT2D eigenvalue weighted by Crippen LogP contribution is -2.26. The predicted octanol–water partition coefficient (Wildman–Crippen LogP) is 2.28. The van der Waals surface area contributed by atoms with Crippen molar-refractivity contribution in [2.45, 2.75) is 33.1 Å². The van der Waals surface area contributed by atoms with Gasteiger partial charge in [-0.3, -0.25) is 0 Å². The third kappa shape index (κ3) is 2.41. The Morgan fingerprint density at radius 1 is 1.50 bits per heavy atom. The van der Waals surface area contributed by atoms with Gasteiger partial charge in [0.15, 0.2) is 0 Å². The molecule has 1 heterocycles. The van der Waals surface area contributed by atoms with Gasteiger partial charge in [0.25, 0.3) is 0 Å². The highest BCUT2D eigenvalue weighted by molar-refractivity contribution is 4.80. The Morgan fingerprint density at radius 3 is 2.58 bits per heavy atom. The molecule has 1 rings (SSSR count). The fourth-order valence-corrected chi connectivity index (χ4v) is 1.72. The molecule has 12 heavy (non-hydrogen) atoms. The normalized spacial score (nSPS) is 25.2. The van der Waals surface area contributed by atoms with E-state index in [0.29, 0.717) is 12.3 Å². The van der Waals surface area contributed by atoms with E-state index in [-0.39, 0.29) is 0 Å². The Hall–Kier alpha value is -0.180. The second-order valence-electron chi connectivity index (χ2n) is 4.35. The molecule has 0 radical (unpaired) electrons. The largest absolute Gasteiger partial charge is 0.316 e. The molecule has 1 aliphatic rings. The molecule has 1 nitrogen and oxygen atoms in total. The van der Waals surface area contributed by atoms with Crippen LogP contribution in [0.5, 0.6) is 0 Å². The zero-order chi connectivity index (χ0) is 9.19. The summed E-state index contributed by atoms with van der Waals surface area (Å²) in [7, 11) is 0. The lowest BCUT2D eigenvalue weighted by Gasteiger charge is -2.26. The molecular weight excluding hydrogens is 160 g/mol. The van der Waals surface area contributed by atoms with Crippen LogP contribution in [-0.2, 0) is 0 Å². The summed E-state index contributed by atoms with van der Waals surface area (Å²) >= 11 is 0. The van der Waals surface area contributed by atoms with E-state index in [1.807, 2.05) is 0 Å². The van der Waals surface area contributed by atoms with E-state index in [4.69, 9.17) is 0 Å². The van der Waals surface area contributed by atoms with Gasteiger partial charge in [0.05, 0.1) is 0 Å². The molecule has 72 valence electrons. The van der Waals surface area contributed by atoms with Crippen LogP contribution < -0.4 is 5.32 Å². The second kappa shape index (κ2) is 3.69. The van der Waals surface area contributed by atoms with Crippen LogP contribution in [0.3, 0.4) is 0 Å².